The summed E-state index contributed by atoms with van der Waals surface area (Å²) in [5.74, 6) is 0. The van der Waals surface area contributed by atoms with Crippen LogP contribution in [0.15, 0.2) is 18.2 Å². The highest BCUT2D eigenvalue weighted by Crippen LogP contribution is 2.30. The second-order valence-corrected chi connectivity index (χ2v) is 6.80. The van der Waals surface area contributed by atoms with Crippen molar-refractivity contribution in [3.63, 3.8) is 0 Å². The van der Waals surface area contributed by atoms with Gasteiger partial charge in [0.05, 0.1) is 22.7 Å². The molecule has 18 heavy (non-hydrogen) atoms. The number of benzene rings is 1. The topological polar surface area (TPSA) is 84.2 Å². The van der Waals surface area contributed by atoms with Crippen LogP contribution in [0.1, 0.15) is 12.8 Å². The van der Waals surface area contributed by atoms with Crippen LogP contribution in [0.3, 0.4) is 0 Å². The van der Waals surface area contributed by atoms with E-state index in [4.69, 9.17) is 17.3 Å². The summed E-state index contributed by atoms with van der Waals surface area (Å²) in [6, 6.07) is 5.54. The number of hydrogen-bond donors (Lipinski definition) is 3. The number of nitrogens with two attached hydrogens (primary N) is 1. The van der Waals surface area contributed by atoms with Crippen LogP contribution in [0.25, 0.3) is 0 Å². The lowest BCUT2D eigenvalue weighted by molar-refractivity contribution is 0.374. The number of sulfonamides is 1. The molecule has 1 aromatic carbocycles. The minimum atomic E-state index is -3.28. The molecule has 100 valence electrons. The summed E-state index contributed by atoms with van der Waals surface area (Å²) in [5, 5.41) is 3.82. The van der Waals surface area contributed by atoms with E-state index in [9.17, 15) is 8.42 Å². The maximum Gasteiger partial charge on any atom is 0.229 e. The highest BCUT2D eigenvalue weighted by atomic mass is 35.5. The molecular weight excluding hydrogens is 274 g/mol. The molecule has 7 heteroatoms. The van der Waals surface area contributed by atoms with Gasteiger partial charge in [0, 0.05) is 12.1 Å². The van der Waals surface area contributed by atoms with Crippen molar-refractivity contribution in [3.05, 3.63) is 23.2 Å². The molecule has 5 nitrogen and oxygen atoms in total. The first-order valence-corrected chi connectivity index (χ1v) is 7.90. The number of nitrogens with one attached hydrogen (secondary N) is 2. The average molecular weight is 290 g/mol. The molecule has 1 saturated carbocycles. The van der Waals surface area contributed by atoms with Crippen molar-refractivity contribution in [3.8, 4) is 0 Å². The van der Waals surface area contributed by atoms with Gasteiger partial charge in [-0.2, -0.15) is 0 Å². The molecule has 0 aromatic heterocycles. The molecular formula is C11H16ClN3O2S. The minimum absolute atomic E-state index is 0.249. The van der Waals surface area contributed by atoms with Crippen LogP contribution >= 0.6 is 11.6 Å². The first-order valence-electron chi connectivity index (χ1n) is 5.63. The fourth-order valence-electron chi connectivity index (χ4n) is 1.91. The Balaban J connectivity index is 2.11. The van der Waals surface area contributed by atoms with Gasteiger partial charge in [-0.3, -0.25) is 4.72 Å². The summed E-state index contributed by atoms with van der Waals surface area (Å²) >= 11 is 6.06. The molecule has 0 radical (unpaired) electrons. The van der Waals surface area contributed by atoms with Crippen molar-refractivity contribution < 1.29 is 8.42 Å². The van der Waals surface area contributed by atoms with Crippen LogP contribution in [0, 0.1) is 0 Å². The molecule has 0 heterocycles. The maximum absolute atomic E-state index is 11.1. The summed E-state index contributed by atoms with van der Waals surface area (Å²) in [6.45, 7) is 0. The Morgan fingerprint density at radius 2 is 2.06 bits per heavy atom. The highest BCUT2D eigenvalue weighted by molar-refractivity contribution is 7.92. The maximum atomic E-state index is 11.1. The third kappa shape index (κ3) is 3.51. The lowest BCUT2D eigenvalue weighted by atomic mass is 9.87. The zero-order valence-electron chi connectivity index (χ0n) is 9.98. The van der Waals surface area contributed by atoms with E-state index in [0.29, 0.717) is 16.8 Å². The largest absolute Gasteiger partial charge is 0.381 e. The molecule has 1 aliphatic rings. The van der Waals surface area contributed by atoms with Crippen molar-refractivity contribution >= 4 is 33.0 Å². The van der Waals surface area contributed by atoms with E-state index >= 15 is 0 Å². The molecule has 4 N–H and O–H groups in total. The van der Waals surface area contributed by atoms with Crippen molar-refractivity contribution in [2.45, 2.75) is 24.9 Å². The Hall–Kier alpha value is -0.980. The zero-order chi connectivity index (χ0) is 13.3. The summed E-state index contributed by atoms with van der Waals surface area (Å²) in [4.78, 5) is 0. The Labute approximate surface area is 112 Å². The second kappa shape index (κ2) is 4.95. The molecule has 2 rings (SSSR count). The molecule has 0 bridgehead atoms. The van der Waals surface area contributed by atoms with Gasteiger partial charge in [0.2, 0.25) is 10.0 Å². The van der Waals surface area contributed by atoms with E-state index < -0.39 is 10.0 Å². The summed E-state index contributed by atoms with van der Waals surface area (Å²) in [7, 11) is -3.28. The Kier molecular flexibility index (Phi) is 3.70. The van der Waals surface area contributed by atoms with Gasteiger partial charge in [0.1, 0.15) is 0 Å². The Bertz CT molecular complexity index is 541. The zero-order valence-corrected chi connectivity index (χ0v) is 11.6. The molecule has 1 aliphatic carbocycles. The Morgan fingerprint density at radius 1 is 1.39 bits per heavy atom. The van der Waals surface area contributed by atoms with Gasteiger partial charge in [-0.25, -0.2) is 8.42 Å². The number of halogens is 1. The molecule has 1 aromatic rings. The highest BCUT2D eigenvalue weighted by Gasteiger charge is 2.26. The Morgan fingerprint density at radius 3 is 2.61 bits per heavy atom. The average Bonchev–Trinajstić information content (AvgIpc) is 2.18. The van der Waals surface area contributed by atoms with Gasteiger partial charge in [0.25, 0.3) is 0 Å². The standard InChI is InChI=1S/C11H16ClN3O2S/c1-18(16,17)15-8-2-3-10(12)11(6-8)14-9-4-7(13)5-9/h2-3,6-7,9,14-15H,4-5,13H2,1H3. The summed E-state index contributed by atoms with van der Waals surface area (Å²) in [6.07, 6.45) is 2.92. The molecule has 1 fully saturated rings. The third-order valence-corrected chi connectivity index (χ3v) is 3.74. The molecule has 0 amide bonds. The van der Waals surface area contributed by atoms with Crippen molar-refractivity contribution in [1.29, 1.82) is 0 Å². The van der Waals surface area contributed by atoms with E-state index in [1.54, 1.807) is 18.2 Å². The predicted octanol–water partition coefficient (Wildman–Crippen LogP) is 1.61. The molecule has 0 atom stereocenters. The molecule has 0 spiro atoms. The molecule has 0 unspecified atom stereocenters. The van der Waals surface area contributed by atoms with Crippen LogP contribution < -0.4 is 15.8 Å². The van der Waals surface area contributed by atoms with Crippen molar-refractivity contribution in [2.24, 2.45) is 5.73 Å². The van der Waals surface area contributed by atoms with Crippen LogP contribution in [0.5, 0.6) is 0 Å². The molecule has 0 saturated heterocycles. The normalized spacial score (nSPS) is 23.3. The monoisotopic (exact) mass is 289 g/mol. The van der Waals surface area contributed by atoms with Crippen LogP contribution in [0.2, 0.25) is 5.02 Å². The SMILES string of the molecule is CS(=O)(=O)Nc1ccc(Cl)c(NC2CC(N)C2)c1. The van der Waals surface area contributed by atoms with Crippen molar-refractivity contribution in [2.75, 3.05) is 16.3 Å². The third-order valence-electron chi connectivity index (χ3n) is 2.80. The van der Waals surface area contributed by atoms with E-state index in [1.165, 1.54) is 0 Å². The summed E-state index contributed by atoms with van der Waals surface area (Å²) < 4.78 is 24.7. The first kappa shape index (κ1) is 13.5. The summed E-state index contributed by atoms with van der Waals surface area (Å²) in [5.41, 5.74) is 6.93. The van der Waals surface area contributed by atoms with E-state index in [0.717, 1.165) is 24.8 Å². The van der Waals surface area contributed by atoms with Gasteiger partial charge >= 0.3 is 0 Å². The lowest BCUT2D eigenvalue weighted by Gasteiger charge is -2.34. The van der Waals surface area contributed by atoms with Gasteiger partial charge < -0.3 is 11.1 Å². The fraction of sp³-hybridized carbons (Fsp3) is 0.455. The number of hydrogen-bond acceptors (Lipinski definition) is 4. The smallest absolute Gasteiger partial charge is 0.229 e. The van der Waals surface area contributed by atoms with E-state index in [-0.39, 0.29) is 6.04 Å². The quantitative estimate of drug-likeness (QED) is 0.786. The first-order chi connectivity index (χ1) is 8.33. The van der Waals surface area contributed by atoms with E-state index in [1.807, 2.05) is 0 Å². The van der Waals surface area contributed by atoms with Crippen molar-refractivity contribution in [1.82, 2.24) is 0 Å². The minimum Gasteiger partial charge on any atom is -0.381 e. The number of rotatable bonds is 4. The van der Waals surface area contributed by atoms with Gasteiger partial charge in [-0.05, 0) is 31.0 Å². The lowest BCUT2D eigenvalue weighted by Crippen LogP contribution is -2.44. The van der Waals surface area contributed by atoms with Crippen LogP contribution in [0.4, 0.5) is 11.4 Å². The van der Waals surface area contributed by atoms with Gasteiger partial charge in [-0.1, -0.05) is 11.6 Å². The second-order valence-electron chi connectivity index (χ2n) is 4.64. The van der Waals surface area contributed by atoms with Gasteiger partial charge in [-0.15, -0.1) is 0 Å². The van der Waals surface area contributed by atoms with Crippen LogP contribution in [-0.4, -0.2) is 26.8 Å². The fourth-order valence-corrected chi connectivity index (χ4v) is 2.64. The predicted molar refractivity (Wildman–Crippen MR) is 74.5 cm³/mol. The van der Waals surface area contributed by atoms with E-state index in [2.05, 4.69) is 10.0 Å². The molecule has 0 aliphatic heterocycles. The van der Waals surface area contributed by atoms with Crippen LogP contribution in [-0.2, 0) is 10.0 Å². The van der Waals surface area contributed by atoms with Gasteiger partial charge in [0.15, 0.2) is 0 Å². The number of anilines is 2.